The van der Waals surface area contributed by atoms with E-state index in [2.05, 4.69) is 10.3 Å². The lowest BCUT2D eigenvalue weighted by atomic mass is 10.1. The second-order valence-electron chi connectivity index (χ2n) is 5.65. The number of Topliss-reactive ketones (excluding diaryl/α,β-unsaturated/α-hetero) is 1. The minimum atomic E-state index is -0.365. The van der Waals surface area contributed by atoms with Crippen molar-refractivity contribution in [3.05, 3.63) is 69.4 Å². The van der Waals surface area contributed by atoms with Gasteiger partial charge in [-0.05, 0) is 56.3 Å². The number of hydrogen-bond acceptors (Lipinski definition) is 4. The second kappa shape index (κ2) is 7.35. The molecule has 0 aliphatic carbocycles. The summed E-state index contributed by atoms with van der Waals surface area (Å²) in [7, 11) is 0. The SMILES string of the molecule is CC(=O)c1ccc(Cl)c(NC(=O)c2sc(-c3ccc(F)cc3)nc2C)c1. The average Bonchev–Trinajstić information content (AvgIpc) is 2.99. The summed E-state index contributed by atoms with van der Waals surface area (Å²) in [6.45, 7) is 3.17. The first-order valence-electron chi connectivity index (χ1n) is 7.70. The normalized spacial score (nSPS) is 10.6. The quantitative estimate of drug-likeness (QED) is 0.611. The maximum absolute atomic E-state index is 13.1. The number of benzene rings is 2. The van der Waals surface area contributed by atoms with E-state index in [-0.39, 0.29) is 17.5 Å². The summed E-state index contributed by atoms with van der Waals surface area (Å²) in [6.07, 6.45) is 0. The standard InChI is InChI=1S/C19H14ClFN2O2S/c1-10-17(26-19(22-10)12-3-6-14(21)7-4-12)18(25)23-16-9-13(11(2)24)5-8-15(16)20/h3-9H,1-2H3,(H,23,25). The average molecular weight is 389 g/mol. The number of halogens is 2. The molecule has 26 heavy (non-hydrogen) atoms. The van der Waals surface area contributed by atoms with Crippen LogP contribution in [0.25, 0.3) is 10.6 Å². The van der Waals surface area contributed by atoms with Crippen LogP contribution in [-0.2, 0) is 0 Å². The topological polar surface area (TPSA) is 59.1 Å². The number of aryl methyl sites for hydroxylation is 1. The van der Waals surface area contributed by atoms with Crippen molar-refractivity contribution in [3.63, 3.8) is 0 Å². The Morgan fingerprint density at radius 2 is 1.85 bits per heavy atom. The van der Waals surface area contributed by atoms with Gasteiger partial charge in [0.15, 0.2) is 5.78 Å². The van der Waals surface area contributed by atoms with Gasteiger partial charge >= 0.3 is 0 Å². The smallest absolute Gasteiger partial charge is 0.267 e. The lowest BCUT2D eigenvalue weighted by Gasteiger charge is -2.08. The van der Waals surface area contributed by atoms with Gasteiger partial charge < -0.3 is 5.32 Å². The fraction of sp³-hybridized carbons (Fsp3) is 0.105. The third kappa shape index (κ3) is 3.81. The molecule has 0 saturated heterocycles. The van der Waals surface area contributed by atoms with E-state index in [0.29, 0.717) is 31.9 Å². The summed E-state index contributed by atoms with van der Waals surface area (Å²) in [4.78, 5) is 28.9. The fourth-order valence-corrected chi connectivity index (χ4v) is 3.47. The van der Waals surface area contributed by atoms with Crippen LogP contribution in [0.5, 0.6) is 0 Å². The molecule has 0 spiro atoms. The van der Waals surface area contributed by atoms with Crippen LogP contribution < -0.4 is 5.32 Å². The van der Waals surface area contributed by atoms with E-state index >= 15 is 0 Å². The molecule has 0 fully saturated rings. The van der Waals surface area contributed by atoms with Gasteiger partial charge in [-0.25, -0.2) is 9.37 Å². The molecule has 0 radical (unpaired) electrons. The van der Waals surface area contributed by atoms with Gasteiger partial charge in [0.05, 0.1) is 16.4 Å². The minimum Gasteiger partial charge on any atom is -0.320 e. The van der Waals surface area contributed by atoms with Gasteiger partial charge in [-0.2, -0.15) is 0 Å². The van der Waals surface area contributed by atoms with E-state index in [1.807, 2.05) is 0 Å². The molecule has 7 heteroatoms. The molecule has 0 bridgehead atoms. The number of carbonyl (C=O) groups excluding carboxylic acids is 2. The third-order valence-corrected chi connectivity index (χ3v) is 5.25. The highest BCUT2D eigenvalue weighted by Crippen LogP contribution is 2.30. The van der Waals surface area contributed by atoms with Crippen LogP contribution in [0.1, 0.15) is 32.6 Å². The monoisotopic (exact) mass is 388 g/mol. The zero-order valence-electron chi connectivity index (χ0n) is 14.0. The molecule has 0 unspecified atom stereocenters. The lowest BCUT2D eigenvalue weighted by Crippen LogP contribution is -2.12. The molecule has 132 valence electrons. The zero-order valence-corrected chi connectivity index (χ0v) is 15.5. The Hall–Kier alpha value is -2.57. The maximum atomic E-state index is 13.1. The van der Waals surface area contributed by atoms with E-state index in [0.717, 1.165) is 5.56 Å². The van der Waals surface area contributed by atoms with Crippen LogP contribution in [0.3, 0.4) is 0 Å². The number of rotatable bonds is 4. The number of carbonyl (C=O) groups is 2. The Morgan fingerprint density at radius 3 is 2.50 bits per heavy atom. The first-order chi connectivity index (χ1) is 12.3. The number of ketones is 1. The number of anilines is 1. The number of thiazole rings is 1. The first kappa shape index (κ1) is 18.2. The Labute approximate surface area is 158 Å². The summed E-state index contributed by atoms with van der Waals surface area (Å²) in [5.74, 6) is -0.819. The molecule has 3 rings (SSSR count). The molecule has 1 heterocycles. The van der Waals surface area contributed by atoms with E-state index in [1.54, 1.807) is 37.3 Å². The molecule has 1 amide bonds. The van der Waals surface area contributed by atoms with E-state index in [4.69, 9.17) is 11.6 Å². The lowest BCUT2D eigenvalue weighted by molar-refractivity contribution is 0.101. The Kier molecular flexibility index (Phi) is 5.15. The first-order valence-corrected chi connectivity index (χ1v) is 8.90. The highest BCUT2D eigenvalue weighted by Gasteiger charge is 2.18. The van der Waals surface area contributed by atoms with E-state index in [9.17, 15) is 14.0 Å². The second-order valence-corrected chi connectivity index (χ2v) is 7.05. The van der Waals surface area contributed by atoms with Crippen molar-refractivity contribution in [2.24, 2.45) is 0 Å². The van der Waals surface area contributed by atoms with Crippen molar-refractivity contribution >= 4 is 40.3 Å². The minimum absolute atomic E-state index is 0.121. The van der Waals surface area contributed by atoms with Crippen LogP contribution in [-0.4, -0.2) is 16.7 Å². The number of aromatic nitrogens is 1. The summed E-state index contributed by atoms with van der Waals surface area (Å²) in [5.41, 5.74) is 2.11. The zero-order chi connectivity index (χ0) is 18.8. The van der Waals surface area contributed by atoms with Crippen LogP contribution in [0.2, 0.25) is 5.02 Å². The van der Waals surface area contributed by atoms with E-state index < -0.39 is 0 Å². The predicted molar refractivity (Wildman–Crippen MR) is 102 cm³/mol. The number of nitrogens with zero attached hydrogens (tertiary/aromatic N) is 1. The van der Waals surface area contributed by atoms with Crippen molar-refractivity contribution in [1.29, 1.82) is 0 Å². The van der Waals surface area contributed by atoms with Crippen molar-refractivity contribution in [2.75, 3.05) is 5.32 Å². The number of nitrogens with one attached hydrogen (secondary N) is 1. The van der Waals surface area contributed by atoms with Crippen LogP contribution in [0.4, 0.5) is 10.1 Å². The number of amides is 1. The van der Waals surface area contributed by atoms with Crippen molar-refractivity contribution in [3.8, 4) is 10.6 Å². The summed E-state index contributed by atoms with van der Waals surface area (Å²) < 4.78 is 13.1. The van der Waals surface area contributed by atoms with Crippen LogP contribution in [0.15, 0.2) is 42.5 Å². The molecule has 0 atom stereocenters. The van der Waals surface area contributed by atoms with Crippen LogP contribution in [0, 0.1) is 12.7 Å². The fourth-order valence-electron chi connectivity index (χ4n) is 2.34. The van der Waals surface area contributed by atoms with Gasteiger partial charge in [0.25, 0.3) is 5.91 Å². The predicted octanol–water partition coefficient (Wildman–Crippen LogP) is 5.37. The molecular formula is C19H14ClFN2O2S. The molecular weight excluding hydrogens is 375 g/mol. The van der Waals surface area contributed by atoms with Gasteiger partial charge in [0.1, 0.15) is 15.7 Å². The molecule has 2 aromatic carbocycles. The Balaban J connectivity index is 1.88. The van der Waals surface area contributed by atoms with Crippen molar-refractivity contribution < 1.29 is 14.0 Å². The Morgan fingerprint density at radius 1 is 1.15 bits per heavy atom. The largest absolute Gasteiger partial charge is 0.320 e. The molecule has 4 nitrogen and oxygen atoms in total. The molecule has 1 N–H and O–H groups in total. The molecule has 3 aromatic rings. The summed E-state index contributed by atoms with van der Waals surface area (Å²) in [6, 6.07) is 10.6. The van der Waals surface area contributed by atoms with Gasteiger partial charge in [-0.3, -0.25) is 9.59 Å². The van der Waals surface area contributed by atoms with Gasteiger partial charge in [0, 0.05) is 11.1 Å². The van der Waals surface area contributed by atoms with Crippen molar-refractivity contribution in [2.45, 2.75) is 13.8 Å². The van der Waals surface area contributed by atoms with E-state index in [1.165, 1.54) is 30.4 Å². The van der Waals surface area contributed by atoms with Crippen LogP contribution >= 0.6 is 22.9 Å². The molecule has 0 aliphatic heterocycles. The third-order valence-electron chi connectivity index (χ3n) is 3.72. The van der Waals surface area contributed by atoms with Crippen molar-refractivity contribution in [1.82, 2.24) is 4.98 Å². The van der Waals surface area contributed by atoms with Gasteiger partial charge in [0.2, 0.25) is 0 Å². The van der Waals surface area contributed by atoms with Gasteiger partial charge in [-0.15, -0.1) is 11.3 Å². The highest BCUT2D eigenvalue weighted by molar-refractivity contribution is 7.17. The maximum Gasteiger partial charge on any atom is 0.267 e. The molecule has 1 aromatic heterocycles. The molecule has 0 aliphatic rings. The molecule has 0 saturated carbocycles. The summed E-state index contributed by atoms with van der Waals surface area (Å²) in [5, 5.41) is 3.68. The van der Waals surface area contributed by atoms with Gasteiger partial charge in [-0.1, -0.05) is 11.6 Å². The Bertz CT molecular complexity index is 999. The highest BCUT2D eigenvalue weighted by atomic mass is 35.5. The number of hydrogen-bond donors (Lipinski definition) is 1. The summed E-state index contributed by atoms with van der Waals surface area (Å²) >= 11 is 7.32.